The van der Waals surface area contributed by atoms with Crippen LogP contribution in [0.4, 0.5) is 5.69 Å². The Morgan fingerprint density at radius 3 is 3.00 bits per heavy atom. The molecule has 2 aromatic rings. The zero-order valence-corrected chi connectivity index (χ0v) is 11.5. The van der Waals surface area contributed by atoms with Crippen LogP contribution in [0, 0.1) is 6.92 Å². The molecule has 21 heavy (non-hydrogen) atoms. The molecule has 0 radical (unpaired) electrons. The number of carbonyl (C=O) groups excluding carboxylic acids is 1. The van der Waals surface area contributed by atoms with Crippen molar-refractivity contribution in [1.82, 2.24) is 4.98 Å². The minimum atomic E-state index is -0.205. The molecule has 5 heteroatoms. The molecule has 1 amide bonds. The number of pyridine rings is 1. The van der Waals surface area contributed by atoms with Gasteiger partial charge in [0, 0.05) is 12.3 Å². The molecule has 0 unspecified atom stereocenters. The number of nitrogens with one attached hydrogen (secondary N) is 1. The molecule has 0 atom stereocenters. The van der Waals surface area contributed by atoms with E-state index in [1.54, 1.807) is 18.5 Å². The number of hydrogen-bond donors (Lipinski definition) is 1. The molecule has 1 aliphatic heterocycles. The van der Waals surface area contributed by atoms with Gasteiger partial charge in [-0.25, -0.2) is 0 Å². The third kappa shape index (κ3) is 3.02. The highest BCUT2D eigenvalue weighted by Crippen LogP contribution is 2.32. The second kappa shape index (κ2) is 5.66. The Hall–Kier alpha value is -2.82. The number of anilines is 1. The number of aromatic nitrogens is 1. The van der Waals surface area contributed by atoms with Crippen LogP contribution in [0.15, 0.2) is 42.7 Å². The number of fused-ring (bicyclic) bond motifs is 1. The summed E-state index contributed by atoms with van der Waals surface area (Å²) < 4.78 is 10.5. The van der Waals surface area contributed by atoms with E-state index in [1.807, 2.05) is 31.2 Å². The van der Waals surface area contributed by atoms with Gasteiger partial charge in [0.1, 0.15) is 0 Å². The van der Waals surface area contributed by atoms with Gasteiger partial charge in [-0.2, -0.15) is 0 Å². The summed E-state index contributed by atoms with van der Waals surface area (Å²) in [5.74, 6) is 1.21. The van der Waals surface area contributed by atoms with Gasteiger partial charge in [0.25, 0.3) is 0 Å². The molecule has 1 aromatic heterocycles. The predicted octanol–water partition coefficient (Wildman–Crippen LogP) is 2.77. The molecule has 0 aliphatic carbocycles. The Kier molecular flexibility index (Phi) is 3.55. The van der Waals surface area contributed by atoms with Gasteiger partial charge < -0.3 is 14.8 Å². The number of benzene rings is 1. The average molecular weight is 282 g/mol. The van der Waals surface area contributed by atoms with Crippen LogP contribution in [-0.4, -0.2) is 17.7 Å². The second-order valence-corrected chi connectivity index (χ2v) is 4.63. The molecule has 5 nitrogen and oxygen atoms in total. The standard InChI is InChI=1S/C16H14N2O3/c1-11-6-7-17-9-13(11)18-16(19)5-3-12-2-4-14-15(8-12)21-10-20-14/h2-9H,10H2,1H3,(H,18,19)/b5-3-. The lowest BCUT2D eigenvalue weighted by Crippen LogP contribution is -2.09. The van der Waals surface area contributed by atoms with E-state index >= 15 is 0 Å². The van der Waals surface area contributed by atoms with Gasteiger partial charge in [-0.05, 0) is 42.3 Å². The summed E-state index contributed by atoms with van der Waals surface area (Å²) in [5.41, 5.74) is 2.55. The van der Waals surface area contributed by atoms with E-state index < -0.39 is 0 Å². The summed E-state index contributed by atoms with van der Waals surface area (Å²) >= 11 is 0. The van der Waals surface area contributed by atoms with Crippen molar-refractivity contribution in [3.63, 3.8) is 0 Å². The summed E-state index contributed by atoms with van der Waals surface area (Å²) in [7, 11) is 0. The fraction of sp³-hybridized carbons (Fsp3) is 0.125. The Morgan fingerprint density at radius 2 is 2.14 bits per heavy atom. The number of aryl methyl sites for hydroxylation is 1. The minimum absolute atomic E-state index is 0.205. The van der Waals surface area contributed by atoms with Crippen LogP contribution in [0.25, 0.3) is 6.08 Å². The molecule has 0 fully saturated rings. The number of rotatable bonds is 3. The molecule has 0 bridgehead atoms. The summed E-state index contributed by atoms with van der Waals surface area (Å²) in [6, 6.07) is 7.37. The number of amides is 1. The maximum Gasteiger partial charge on any atom is 0.248 e. The summed E-state index contributed by atoms with van der Waals surface area (Å²) in [5, 5.41) is 2.79. The highest BCUT2D eigenvalue weighted by Gasteiger charge is 2.12. The van der Waals surface area contributed by atoms with E-state index in [9.17, 15) is 4.79 Å². The lowest BCUT2D eigenvalue weighted by molar-refractivity contribution is -0.111. The van der Waals surface area contributed by atoms with Gasteiger partial charge >= 0.3 is 0 Å². The first kappa shape index (κ1) is 13.2. The quantitative estimate of drug-likeness (QED) is 0.879. The number of hydrogen-bond acceptors (Lipinski definition) is 4. The third-order valence-corrected chi connectivity index (χ3v) is 3.12. The molecular weight excluding hydrogens is 268 g/mol. The highest BCUT2D eigenvalue weighted by atomic mass is 16.7. The maximum atomic E-state index is 11.9. The minimum Gasteiger partial charge on any atom is -0.454 e. The molecule has 2 heterocycles. The Balaban J connectivity index is 1.68. The molecule has 3 rings (SSSR count). The molecule has 0 saturated carbocycles. The Labute approximate surface area is 122 Å². The lowest BCUT2D eigenvalue weighted by atomic mass is 10.2. The summed E-state index contributed by atoms with van der Waals surface area (Å²) in [4.78, 5) is 15.9. The number of ether oxygens (including phenoxy) is 2. The van der Waals surface area contributed by atoms with Crippen LogP contribution in [0.3, 0.4) is 0 Å². The van der Waals surface area contributed by atoms with Crippen molar-refractivity contribution >= 4 is 17.7 Å². The van der Waals surface area contributed by atoms with Crippen molar-refractivity contribution in [2.24, 2.45) is 0 Å². The normalized spacial score (nSPS) is 12.6. The topological polar surface area (TPSA) is 60.5 Å². The van der Waals surface area contributed by atoms with Crippen molar-refractivity contribution < 1.29 is 14.3 Å². The van der Waals surface area contributed by atoms with Crippen molar-refractivity contribution in [2.45, 2.75) is 6.92 Å². The summed E-state index contributed by atoms with van der Waals surface area (Å²) in [6.07, 6.45) is 6.52. The van der Waals surface area contributed by atoms with Gasteiger partial charge in [0.2, 0.25) is 12.7 Å². The van der Waals surface area contributed by atoms with Gasteiger partial charge in [0.15, 0.2) is 11.5 Å². The first-order chi connectivity index (χ1) is 10.2. The van der Waals surface area contributed by atoms with E-state index in [2.05, 4.69) is 10.3 Å². The van der Waals surface area contributed by atoms with Crippen molar-refractivity contribution in [1.29, 1.82) is 0 Å². The molecule has 1 aromatic carbocycles. The monoisotopic (exact) mass is 282 g/mol. The molecule has 1 aliphatic rings. The largest absolute Gasteiger partial charge is 0.454 e. The van der Waals surface area contributed by atoms with Crippen molar-refractivity contribution in [2.75, 3.05) is 12.1 Å². The maximum absolute atomic E-state index is 11.9. The van der Waals surface area contributed by atoms with E-state index in [1.165, 1.54) is 6.08 Å². The molecular formula is C16H14N2O3. The van der Waals surface area contributed by atoms with Crippen LogP contribution in [0.2, 0.25) is 0 Å². The Bertz CT molecular complexity index is 710. The number of nitrogens with zero attached hydrogens (tertiary/aromatic N) is 1. The lowest BCUT2D eigenvalue weighted by Gasteiger charge is -2.04. The summed E-state index contributed by atoms with van der Waals surface area (Å²) in [6.45, 7) is 2.15. The molecule has 0 saturated heterocycles. The Morgan fingerprint density at radius 1 is 1.29 bits per heavy atom. The fourth-order valence-electron chi connectivity index (χ4n) is 1.96. The van der Waals surface area contributed by atoms with E-state index in [-0.39, 0.29) is 12.7 Å². The zero-order valence-electron chi connectivity index (χ0n) is 11.5. The van der Waals surface area contributed by atoms with Crippen LogP contribution in [0.5, 0.6) is 11.5 Å². The molecule has 106 valence electrons. The second-order valence-electron chi connectivity index (χ2n) is 4.63. The van der Waals surface area contributed by atoms with Gasteiger partial charge in [0.05, 0.1) is 11.9 Å². The van der Waals surface area contributed by atoms with Crippen LogP contribution in [-0.2, 0) is 4.79 Å². The van der Waals surface area contributed by atoms with Gasteiger partial charge in [-0.3, -0.25) is 9.78 Å². The fourth-order valence-corrected chi connectivity index (χ4v) is 1.96. The van der Waals surface area contributed by atoms with Crippen LogP contribution in [0.1, 0.15) is 11.1 Å². The highest BCUT2D eigenvalue weighted by molar-refractivity contribution is 6.02. The van der Waals surface area contributed by atoms with Crippen molar-refractivity contribution in [3.05, 3.63) is 53.9 Å². The first-order valence-electron chi connectivity index (χ1n) is 6.52. The van der Waals surface area contributed by atoms with E-state index in [4.69, 9.17) is 9.47 Å². The molecule has 1 N–H and O–H groups in total. The average Bonchev–Trinajstić information content (AvgIpc) is 2.95. The smallest absolute Gasteiger partial charge is 0.248 e. The van der Waals surface area contributed by atoms with Crippen molar-refractivity contribution in [3.8, 4) is 11.5 Å². The van der Waals surface area contributed by atoms with Crippen LogP contribution < -0.4 is 14.8 Å². The first-order valence-corrected chi connectivity index (χ1v) is 6.52. The van der Waals surface area contributed by atoms with E-state index in [0.717, 1.165) is 16.9 Å². The predicted molar refractivity (Wildman–Crippen MR) is 79.2 cm³/mol. The van der Waals surface area contributed by atoms with Crippen LogP contribution >= 0.6 is 0 Å². The third-order valence-electron chi connectivity index (χ3n) is 3.12. The number of carbonyl (C=O) groups is 1. The van der Waals surface area contributed by atoms with Gasteiger partial charge in [-0.15, -0.1) is 0 Å². The van der Waals surface area contributed by atoms with E-state index in [0.29, 0.717) is 11.4 Å². The van der Waals surface area contributed by atoms with Gasteiger partial charge in [-0.1, -0.05) is 6.07 Å². The zero-order chi connectivity index (χ0) is 14.7. The molecule has 0 spiro atoms. The SMILES string of the molecule is Cc1ccncc1NC(=O)/C=C\c1ccc2c(c1)OCO2.